The maximum absolute atomic E-state index is 11.2. The summed E-state index contributed by atoms with van der Waals surface area (Å²) >= 11 is 6.24. The van der Waals surface area contributed by atoms with Gasteiger partial charge in [0.1, 0.15) is 6.61 Å². The van der Waals surface area contributed by atoms with Crippen molar-refractivity contribution in [1.29, 1.82) is 0 Å². The van der Waals surface area contributed by atoms with Crippen molar-refractivity contribution in [3.05, 3.63) is 12.2 Å². The van der Waals surface area contributed by atoms with Crippen LogP contribution in [0.3, 0.4) is 0 Å². The summed E-state index contributed by atoms with van der Waals surface area (Å²) < 4.78 is 8.46. The number of esters is 2. The topological polar surface area (TPSA) is 72.8 Å². The molecule has 0 aromatic rings. The summed E-state index contributed by atoms with van der Waals surface area (Å²) in [6.45, 7) is 1.44. The van der Waals surface area contributed by atoms with Crippen LogP contribution in [0.4, 0.5) is 0 Å². The lowest BCUT2D eigenvalue weighted by molar-refractivity contribution is -0.142. The van der Waals surface area contributed by atoms with Crippen LogP contribution in [0.25, 0.3) is 0 Å². The number of rotatable bonds is 6. The number of aliphatic hydroxyl groups excluding tert-OH is 1. The summed E-state index contributed by atoms with van der Waals surface area (Å²) in [5.41, 5.74) is 0. The van der Waals surface area contributed by atoms with Gasteiger partial charge >= 0.3 is 11.9 Å². The second kappa shape index (κ2) is 7.81. The Labute approximate surface area is 110 Å². The molecule has 0 aromatic heterocycles. The van der Waals surface area contributed by atoms with E-state index >= 15 is 0 Å². The van der Waals surface area contributed by atoms with Crippen LogP contribution in [-0.2, 0) is 19.1 Å². The fourth-order valence-corrected chi connectivity index (χ4v) is 0.903. The van der Waals surface area contributed by atoms with Crippen molar-refractivity contribution in [1.82, 2.24) is 0 Å². The van der Waals surface area contributed by atoms with Crippen LogP contribution >= 0.6 is 31.9 Å². The quantitative estimate of drug-likeness (QED) is 0.441. The molecule has 7 heteroatoms. The molecule has 0 bridgehead atoms. The highest BCUT2D eigenvalue weighted by Gasteiger charge is 2.23. The fraction of sp³-hybridized carbons (Fsp3) is 0.556. The SMILES string of the molecule is CCC(Br)(Br)OC(=O)/C=C/C(=O)OCCO. The van der Waals surface area contributed by atoms with Gasteiger partial charge in [0.15, 0.2) is 0 Å². The zero-order chi connectivity index (χ0) is 12.6. The minimum atomic E-state index is -0.920. The summed E-state index contributed by atoms with van der Waals surface area (Å²) in [5.74, 6) is -1.39. The van der Waals surface area contributed by atoms with Crippen LogP contribution in [0, 0.1) is 0 Å². The van der Waals surface area contributed by atoms with E-state index in [9.17, 15) is 9.59 Å². The summed E-state index contributed by atoms with van der Waals surface area (Å²) in [5, 5.41) is 8.37. The molecule has 0 aliphatic rings. The molecule has 0 radical (unpaired) electrons. The van der Waals surface area contributed by atoms with E-state index in [2.05, 4.69) is 36.6 Å². The zero-order valence-corrected chi connectivity index (χ0v) is 11.8. The highest BCUT2D eigenvalue weighted by atomic mass is 79.9. The zero-order valence-electron chi connectivity index (χ0n) is 8.61. The number of aliphatic hydroxyl groups is 1. The molecule has 0 aromatic carbocycles. The van der Waals surface area contributed by atoms with Crippen molar-refractivity contribution in [3.63, 3.8) is 0 Å². The molecule has 0 aliphatic carbocycles. The van der Waals surface area contributed by atoms with Crippen LogP contribution in [0.1, 0.15) is 13.3 Å². The number of hydrogen-bond acceptors (Lipinski definition) is 5. The summed E-state index contributed by atoms with van der Waals surface area (Å²) in [6.07, 6.45) is 2.40. The summed E-state index contributed by atoms with van der Waals surface area (Å²) in [6, 6.07) is 0. The highest BCUT2D eigenvalue weighted by Crippen LogP contribution is 2.31. The van der Waals surface area contributed by atoms with E-state index in [1.54, 1.807) is 6.92 Å². The molecule has 0 heterocycles. The third-order valence-corrected chi connectivity index (χ3v) is 2.80. The molecule has 0 rings (SSSR count). The summed E-state index contributed by atoms with van der Waals surface area (Å²) in [7, 11) is 0. The second-order valence-corrected chi connectivity index (χ2v) is 6.26. The second-order valence-electron chi connectivity index (χ2n) is 2.64. The van der Waals surface area contributed by atoms with E-state index in [4.69, 9.17) is 9.84 Å². The maximum Gasteiger partial charge on any atom is 0.333 e. The van der Waals surface area contributed by atoms with Crippen molar-refractivity contribution in [2.45, 2.75) is 16.8 Å². The van der Waals surface area contributed by atoms with Gasteiger partial charge in [0.2, 0.25) is 3.42 Å². The van der Waals surface area contributed by atoms with Crippen LogP contribution in [0.15, 0.2) is 12.2 Å². The number of carbonyl (C=O) groups excluding carboxylic acids is 2. The standard InChI is InChI=1S/C9H12Br2O5/c1-2-9(10,11)16-8(14)4-3-7(13)15-6-5-12/h3-4,12H,2,5-6H2,1H3/b4-3+. The molecule has 0 unspecified atom stereocenters. The largest absolute Gasteiger partial charge is 0.460 e. The van der Waals surface area contributed by atoms with Gasteiger partial charge in [0.25, 0.3) is 0 Å². The lowest BCUT2D eigenvalue weighted by atomic mass is 10.5. The van der Waals surface area contributed by atoms with Gasteiger partial charge in [0.05, 0.1) is 6.61 Å². The smallest absolute Gasteiger partial charge is 0.333 e. The molecule has 0 atom stereocenters. The summed E-state index contributed by atoms with van der Waals surface area (Å²) in [4.78, 5) is 22.1. The number of ether oxygens (including phenoxy) is 2. The van der Waals surface area contributed by atoms with Gasteiger partial charge in [-0.15, -0.1) is 0 Å². The van der Waals surface area contributed by atoms with Crippen molar-refractivity contribution in [3.8, 4) is 0 Å². The van der Waals surface area contributed by atoms with Crippen molar-refractivity contribution in [2.24, 2.45) is 0 Å². The third-order valence-electron chi connectivity index (χ3n) is 1.35. The molecule has 0 saturated heterocycles. The van der Waals surface area contributed by atoms with Gasteiger partial charge in [-0.2, -0.15) is 0 Å². The molecule has 0 aliphatic heterocycles. The Bertz CT molecular complexity index is 275. The van der Waals surface area contributed by atoms with Crippen LogP contribution in [0.2, 0.25) is 0 Å². The number of carbonyl (C=O) groups is 2. The monoisotopic (exact) mass is 358 g/mol. The molecule has 1 N–H and O–H groups in total. The first-order chi connectivity index (χ1) is 7.41. The van der Waals surface area contributed by atoms with Crippen LogP contribution < -0.4 is 0 Å². The molecule has 0 spiro atoms. The minimum Gasteiger partial charge on any atom is -0.460 e. The molecular weight excluding hydrogens is 348 g/mol. The fourth-order valence-electron chi connectivity index (χ4n) is 0.584. The molecule has 0 amide bonds. The van der Waals surface area contributed by atoms with Gasteiger partial charge in [-0.25, -0.2) is 9.59 Å². The molecule has 16 heavy (non-hydrogen) atoms. The lowest BCUT2D eigenvalue weighted by Gasteiger charge is -2.17. The first-order valence-electron chi connectivity index (χ1n) is 4.47. The Morgan fingerprint density at radius 3 is 2.38 bits per heavy atom. The lowest BCUT2D eigenvalue weighted by Crippen LogP contribution is -2.19. The van der Waals surface area contributed by atoms with E-state index in [0.717, 1.165) is 12.2 Å². The number of halogens is 2. The average Bonchev–Trinajstić information content (AvgIpc) is 2.23. The van der Waals surface area contributed by atoms with Gasteiger partial charge in [0, 0.05) is 18.6 Å². The molecule has 92 valence electrons. The van der Waals surface area contributed by atoms with Crippen LogP contribution in [0.5, 0.6) is 0 Å². The van der Waals surface area contributed by atoms with Crippen molar-refractivity contribution >= 4 is 43.8 Å². The van der Waals surface area contributed by atoms with E-state index < -0.39 is 15.4 Å². The van der Waals surface area contributed by atoms with E-state index in [-0.39, 0.29) is 13.2 Å². The minimum absolute atomic E-state index is 0.103. The Hall–Kier alpha value is -0.400. The van der Waals surface area contributed by atoms with Gasteiger partial charge in [-0.3, -0.25) is 0 Å². The molecule has 0 saturated carbocycles. The van der Waals surface area contributed by atoms with Crippen molar-refractivity contribution < 1.29 is 24.2 Å². The predicted molar refractivity (Wildman–Crippen MR) is 64.2 cm³/mol. The molecule has 5 nitrogen and oxygen atoms in total. The Morgan fingerprint density at radius 2 is 1.88 bits per heavy atom. The first kappa shape index (κ1) is 15.6. The Morgan fingerprint density at radius 1 is 1.31 bits per heavy atom. The van der Waals surface area contributed by atoms with Crippen LogP contribution in [-0.4, -0.2) is 33.7 Å². The Balaban J connectivity index is 4.04. The number of hydrogen-bond donors (Lipinski definition) is 1. The third kappa shape index (κ3) is 7.84. The van der Waals surface area contributed by atoms with Gasteiger partial charge in [-0.05, 0) is 31.9 Å². The average molecular weight is 360 g/mol. The maximum atomic E-state index is 11.2. The first-order valence-corrected chi connectivity index (χ1v) is 6.06. The van der Waals surface area contributed by atoms with Gasteiger partial charge < -0.3 is 14.6 Å². The normalized spacial score (nSPS) is 11.5. The predicted octanol–water partition coefficient (Wildman–Crippen LogP) is 1.47. The van der Waals surface area contributed by atoms with Crippen molar-refractivity contribution in [2.75, 3.05) is 13.2 Å². The Kier molecular flexibility index (Phi) is 7.61. The van der Waals surface area contributed by atoms with E-state index in [1.807, 2.05) is 0 Å². The van der Waals surface area contributed by atoms with E-state index in [1.165, 1.54) is 0 Å². The molecular formula is C9H12Br2O5. The van der Waals surface area contributed by atoms with Gasteiger partial charge in [-0.1, -0.05) is 6.92 Å². The number of alkyl halides is 2. The molecule has 0 fully saturated rings. The highest BCUT2D eigenvalue weighted by molar-refractivity contribution is 9.25. The van der Waals surface area contributed by atoms with E-state index in [0.29, 0.717) is 6.42 Å².